The van der Waals surface area contributed by atoms with Crippen LogP contribution in [0.4, 0.5) is 5.69 Å². The number of ether oxygens (including phenoxy) is 1. The van der Waals surface area contributed by atoms with Crippen LogP contribution in [0.15, 0.2) is 35.4 Å². The molecule has 1 aromatic carbocycles. The Hall–Kier alpha value is -2.85. The predicted molar refractivity (Wildman–Crippen MR) is 133 cm³/mol. The second kappa shape index (κ2) is 11.5. The lowest BCUT2D eigenvalue weighted by atomic mass is 9.96. The number of hydrogen-bond donors (Lipinski definition) is 0. The van der Waals surface area contributed by atoms with Gasteiger partial charge in [-0.1, -0.05) is 44.4 Å². The number of aromatic nitrogens is 1. The van der Waals surface area contributed by atoms with Gasteiger partial charge in [0.2, 0.25) is 11.8 Å². The summed E-state index contributed by atoms with van der Waals surface area (Å²) in [4.78, 5) is 32.0. The highest BCUT2D eigenvalue weighted by Crippen LogP contribution is 2.36. The minimum Gasteiger partial charge on any atom is -0.494 e. The molecule has 2 heterocycles. The summed E-state index contributed by atoms with van der Waals surface area (Å²) in [7, 11) is 0. The largest absolute Gasteiger partial charge is 0.494 e. The lowest BCUT2D eigenvalue weighted by molar-refractivity contribution is -0.121. The molecule has 0 saturated carbocycles. The van der Waals surface area contributed by atoms with Crippen molar-refractivity contribution in [1.82, 2.24) is 4.98 Å². The van der Waals surface area contributed by atoms with Crippen molar-refractivity contribution in [2.75, 3.05) is 11.5 Å². The zero-order chi connectivity index (χ0) is 23.9. The fourth-order valence-corrected chi connectivity index (χ4v) is 5.57. The maximum Gasteiger partial charge on any atom is 0.247 e. The third-order valence-corrected chi connectivity index (χ3v) is 7.54. The van der Waals surface area contributed by atoms with Gasteiger partial charge in [-0.2, -0.15) is 5.26 Å². The molecular weight excluding hydrogens is 446 g/mol. The van der Waals surface area contributed by atoms with Gasteiger partial charge in [0.25, 0.3) is 0 Å². The molecule has 1 aromatic heterocycles. The molecule has 2 aromatic rings. The van der Waals surface area contributed by atoms with Crippen molar-refractivity contribution in [2.24, 2.45) is 0 Å². The lowest BCUT2D eigenvalue weighted by Gasteiger charge is -2.17. The molecule has 0 spiro atoms. The van der Waals surface area contributed by atoms with E-state index in [0.717, 1.165) is 62.0 Å². The molecule has 34 heavy (non-hydrogen) atoms. The van der Waals surface area contributed by atoms with Crippen LogP contribution in [0.2, 0.25) is 0 Å². The van der Waals surface area contributed by atoms with E-state index in [1.165, 1.54) is 29.5 Å². The summed E-state index contributed by atoms with van der Waals surface area (Å²) in [5.41, 5.74) is 3.22. The highest BCUT2D eigenvalue weighted by molar-refractivity contribution is 8.00. The minimum atomic E-state index is -0.580. The Kier molecular flexibility index (Phi) is 8.23. The Balaban J connectivity index is 1.47. The standard InChI is InChI=1S/C27H31N3O3S/c1-2-3-8-15-33-22-13-11-21(12-14-22)30-25(31)17-24(27(30)32)34-26-20(18-28)16-19-9-6-4-5-7-10-23(19)29-26/h11-14,16,24H,2-10,15,17H2,1H3/t24-/m0/s1. The number of carbonyl (C=O) groups excluding carboxylic acids is 2. The highest BCUT2D eigenvalue weighted by atomic mass is 32.2. The van der Waals surface area contributed by atoms with Gasteiger partial charge in [0.05, 0.1) is 23.1 Å². The summed E-state index contributed by atoms with van der Waals surface area (Å²) in [5, 5.41) is 9.69. The monoisotopic (exact) mass is 477 g/mol. The highest BCUT2D eigenvalue weighted by Gasteiger charge is 2.40. The van der Waals surface area contributed by atoms with E-state index in [2.05, 4.69) is 13.0 Å². The van der Waals surface area contributed by atoms with Crippen LogP contribution in [0.5, 0.6) is 5.75 Å². The van der Waals surface area contributed by atoms with Gasteiger partial charge in [0.1, 0.15) is 16.8 Å². The first kappa shape index (κ1) is 24.3. The number of amides is 2. The average molecular weight is 478 g/mol. The second-order valence-corrected chi connectivity index (χ2v) is 10.1. The van der Waals surface area contributed by atoms with Crippen LogP contribution in [-0.2, 0) is 22.4 Å². The topological polar surface area (TPSA) is 83.3 Å². The van der Waals surface area contributed by atoms with Crippen molar-refractivity contribution in [3.05, 3.63) is 47.2 Å². The van der Waals surface area contributed by atoms with E-state index in [1.54, 1.807) is 24.3 Å². The van der Waals surface area contributed by atoms with E-state index in [0.29, 0.717) is 22.9 Å². The van der Waals surface area contributed by atoms with Crippen LogP contribution in [-0.4, -0.2) is 28.7 Å². The number of pyridine rings is 1. The Morgan fingerprint density at radius 2 is 1.88 bits per heavy atom. The molecule has 4 rings (SSSR count). The van der Waals surface area contributed by atoms with Crippen LogP contribution < -0.4 is 9.64 Å². The first-order valence-electron chi connectivity index (χ1n) is 12.3. The number of aryl methyl sites for hydroxylation is 2. The summed E-state index contributed by atoms with van der Waals surface area (Å²) in [6.07, 6.45) is 9.79. The van der Waals surface area contributed by atoms with Crippen molar-refractivity contribution in [3.63, 3.8) is 0 Å². The molecule has 1 aliphatic heterocycles. The first-order valence-corrected chi connectivity index (χ1v) is 13.2. The van der Waals surface area contributed by atoms with E-state index >= 15 is 0 Å². The molecule has 6 nitrogen and oxygen atoms in total. The lowest BCUT2D eigenvalue weighted by Crippen LogP contribution is -2.31. The molecule has 0 bridgehead atoms. The predicted octanol–water partition coefficient (Wildman–Crippen LogP) is 5.61. The van der Waals surface area contributed by atoms with E-state index in [1.807, 2.05) is 6.07 Å². The zero-order valence-corrected chi connectivity index (χ0v) is 20.5. The van der Waals surface area contributed by atoms with Crippen LogP contribution in [0.1, 0.15) is 75.1 Å². The van der Waals surface area contributed by atoms with E-state index in [-0.39, 0.29) is 18.2 Å². The minimum absolute atomic E-state index is 0.0996. The molecule has 178 valence electrons. The third kappa shape index (κ3) is 5.61. The fourth-order valence-electron chi connectivity index (χ4n) is 4.47. The molecule has 2 aliphatic rings. The zero-order valence-electron chi connectivity index (χ0n) is 19.7. The van der Waals surface area contributed by atoms with E-state index in [9.17, 15) is 14.9 Å². The smallest absolute Gasteiger partial charge is 0.247 e. The number of thioether (sulfide) groups is 1. The van der Waals surface area contributed by atoms with Gasteiger partial charge < -0.3 is 4.74 Å². The number of nitrogens with zero attached hydrogens (tertiary/aromatic N) is 3. The summed E-state index contributed by atoms with van der Waals surface area (Å²) in [6.45, 7) is 2.80. The summed E-state index contributed by atoms with van der Waals surface area (Å²) >= 11 is 1.25. The number of carbonyl (C=O) groups is 2. The third-order valence-electron chi connectivity index (χ3n) is 6.36. The Bertz CT molecular complexity index is 1080. The van der Waals surface area contributed by atoms with Crippen LogP contribution >= 0.6 is 11.8 Å². The number of hydrogen-bond acceptors (Lipinski definition) is 6. The summed E-state index contributed by atoms with van der Waals surface area (Å²) in [5.74, 6) is 0.237. The molecule has 1 aliphatic carbocycles. The van der Waals surface area contributed by atoms with Crippen LogP contribution in [0.25, 0.3) is 0 Å². The van der Waals surface area contributed by atoms with Gasteiger partial charge in [-0.15, -0.1) is 0 Å². The molecule has 1 fully saturated rings. The SMILES string of the molecule is CCCCCOc1ccc(N2C(=O)C[C@H](Sc3nc4c(cc3C#N)CCCCCC4)C2=O)cc1. The van der Waals surface area contributed by atoms with Gasteiger partial charge in [0, 0.05) is 12.1 Å². The Morgan fingerprint density at radius 1 is 1.12 bits per heavy atom. The van der Waals surface area contributed by atoms with Gasteiger partial charge in [-0.25, -0.2) is 9.88 Å². The second-order valence-electron chi connectivity index (χ2n) is 8.90. The van der Waals surface area contributed by atoms with Gasteiger partial charge in [-0.3, -0.25) is 9.59 Å². The molecule has 2 amide bonds. The van der Waals surface area contributed by atoms with Crippen molar-refractivity contribution in [2.45, 2.75) is 81.4 Å². The van der Waals surface area contributed by atoms with Crippen molar-refractivity contribution in [3.8, 4) is 11.8 Å². The first-order chi connectivity index (χ1) is 16.6. The Labute approximate surface area is 205 Å². The van der Waals surface area contributed by atoms with E-state index < -0.39 is 5.25 Å². The molecule has 7 heteroatoms. The summed E-state index contributed by atoms with van der Waals surface area (Å²) < 4.78 is 5.74. The van der Waals surface area contributed by atoms with Crippen molar-refractivity contribution in [1.29, 1.82) is 5.26 Å². The number of anilines is 1. The fraction of sp³-hybridized carbons (Fsp3) is 0.481. The maximum absolute atomic E-state index is 13.2. The number of fused-ring (bicyclic) bond motifs is 1. The number of nitriles is 1. The van der Waals surface area contributed by atoms with Crippen LogP contribution in [0.3, 0.4) is 0 Å². The average Bonchev–Trinajstić information content (AvgIpc) is 3.10. The maximum atomic E-state index is 13.2. The van der Waals surface area contributed by atoms with Gasteiger partial charge in [-0.05, 0) is 68.0 Å². The number of unbranched alkanes of at least 4 members (excludes halogenated alkanes) is 2. The van der Waals surface area contributed by atoms with Gasteiger partial charge >= 0.3 is 0 Å². The number of rotatable bonds is 8. The molecule has 0 N–H and O–H groups in total. The van der Waals surface area contributed by atoms with Crippen LogP contribution in [0, 0.1) is 11.3 Å². The quantitative estimate of drug-likeness (QED) is 0.363. The molecule has 1 saturated heterocycles. The van der Waals surface area contributed by atoms with Crippen molar-refractivity contribution < 1.29 is 14.3 Å². The summed E-state index contributed by atoms with van der Waals surface area (Å²) in [6, 6.07) is 11.3. The normalized spacial score (nSPS) is 18.2. The number of imide groups is 1. The van der Waals surface area contributed by atoms with E-state index in [4.69, 9.17) is 9.72 Å². The van der Waals surface area contributed by atoms with Crippen molar-refractivity contribution >= 4 is 29.3 Å². The molecule has 0 radical (unpaired) electrons. The molecule has 0 unspecified atom stereocenters. The molecule has 1 atom stereocenters. The number of benzene rings is 1. The molecular formula is C27H31N3O3S. The Morgan fingerprint density at radius 3 is 2.62 bits per heavy atom. The van der Waals surface area contributed by atoms with Gasteiger partial charge in [0.15, 0.2) is 0 Å².